The third kappa shape index (κ3) is 4.87. The molecule has 0 aromatic carbocycles. The fourth-order valence-corrected chi connectivity index (χ4v) is 1.19. The molecule has 3 N–H and O–H groups in total. The van der Waals surface area contributed by atoms with Crippen LogP contribution in [0.1, 0.15) is 20.3 Å². The van der Waals surface area contributed by atoms with Crippen LogP contribution in [0.5, 0.6) is 0 Å². The van der Waals surface area contributed by atoms with Crippen molar-refractivity contribution in [2.75, 3.05) is 6.54 Å². The molecule has 1 heterocycles. The summed E-state index contributed by atoms with van der Waals surface area (Å²) in [7, 11) is 0. The molecule has 1 saturated heterocycles. The largest absolute Gasteiger partial charge is 2.00 e. The molecule has 2 nitrogen and oxygen atoms in total. The molecule has 3 heteroatoms. The van der Waals surface area contributed by atoms with Gasteiger partial charge in [0.15, 0.2) is 0 Å². The molecular formula is C9H18N2U. The van der Waals surface area contributed by atoms with Crippen molar-refractivity contribution in [2.24, 2.45) is 17.6 Å². The molecule has 3 unspecified atom stereocenters. The Hall–Kier alpha value is 0.972. The maximum Gasteiger partial charge on any atom is 2.00 e. The summed E-state index contributed by atoms with van der Waals surface area (Å²) >= 11 is 0. The van der Waals surface area contributed by atoms with Crippen LogP contribution < -0.4 is 11.1 Å². The van der Waals surface area contributed by atoms with Gasteiger partial charge in [0.2, 0.25) is 0 Å². The molecule has 0 saturated carbocycles. The molecule has 1 fully saturated rings. The molecule has 1 aliphatic rings. The molecule has 0 aliphatic carbocycles. The molecule has 0 radical (unpaired) electrons. The molecule has 0 amide bonds. The first-order chi connectivity index (χ1) is 5.24. The maximum absolute atomic E-state index is 5.36. The molecule has 1 aliphatic heterocycles. The smallest absolute Gasteiger partial charge is 0.483 e. The van der Waals surface area contributed by atoms with Crippen molar-refractivity contribution < 1.29 is 31.1 Å². The summed E-state index contributed by atoms with van der Waals surface area (Å²) < 4.78 is 0. The monoisotopic (exact) mass is 392 g/mol. The Balaban J connectivity index is 0.00000121. The third-order valence-electron chi connectivity index (χ3n) is 2.38. The quantitative estimate of drug-likeness (QED) is 0.541. The Kier molecular flexibility index (Phi) is 6.95. The summed E-state index contributed by atoms with van der Waals surface area (Å²) in [6.45, 7) is 7.43. The summed E-state index contributed by atoms with van der Waals surface area (Å²) in [5.41, 5.74) is 5.36. The van der Waals surface area contributed by atoms with E-state index in [2.05, 4.69) is 25.6 Å². The number of nitrogens with two attached hydrogens (primary N) is 1. The average molecular weight is 392 g/mol. The predicted molar refractivity (Wildman–Crippen MR) is 47.5 cm³/mol. The van der Waals surface area contributed by atoms with E-state index in [1.165, 1.54) is 6.54 Å². The van der Waals surface area contributed by atoms with Crippen LogP contribution in [0.3, 0.4) is 0 Å². The van der Waals surface area contributed by atoms with Gasteiger partial charge in [0, 0.05) is 0 Å². The van der Waals surface area contributed by atoms with Crippen molar-refractivity contribution in [3.8, 4) is 0 Å². The number of hydrogen-bond donors (Lipinski definition) is 2. The molecule has 0 bridgehead atoms. The van der Waals surface area contributed by atoms with Crippen LogP contribution in [-0.4, -0.2) is 12.6 Å². The zero-order chi connectivity index (χ0) is 8.27. The normalized spacial score (nSPS) is 25.8. The second-order valence-corrected chi connectivity index (χ2v) is 3.51. The van der Waals surface area contributed by atoms with Crippen molar-refractivity contribution in [1.29, 1.82) is 0 Å². The Morgan fingerprint density at radius 3 is 2.58 bits per heavy atom. The van der Waals surface area contributed by atoms with Gasteiger partial charge < -0.3 is 17.5 Å². The fourth-order valence-electron chi connectivity index (χ4n) is 1.19. The van der Waals surface area contributed by atoms with Crippen molar-refractivity contribution >= 4 is 0 Å². The van der Waals surface area contributed by atoms with Gasteiger partial charge in [0.25, 0.3) is 0 Å². The van der Waals surface area contributed by atoms with Crippen LogP contribution in [0.4, 0.5) is 0 Å². The van der Waals surface area contributed by atoms with E-state index in [9.17, 15) is 0 Å². The molecule has 0 spiro atoms. The summed E-state index contributed by atoms with van der Waals surface area (Å²) in [5, 5.41) is 3.27. The predicted octanol–water partition coefficient (Wildman–Crippen LogP) is 0.945. The number of nitrogens with one attached hydrogen (secondary N) is 1. The Bertz CT molecular complexity index is 115. The Morgan fingerprint density at radius 1 is 1.58 bits per heavy atom. The van der Waals surface area contributed by atoms with Gasteiger partial charge in [-0.2, -0.15) is 12.3 Å². The van der Waals surface area contributed by atoms with E-state index >= 15 is 0 Å². The maximum atomic E-state index is 5.36. The minimum Gasteiger partial charge on any atom is -0.483 e. The van der Waals surface area contributed by atoms with E-state index in [0.29, 0.717) is 17.9 Å². The fraction of sp³-hybridized carbons (Fsp3) is 0.778. The second kappa shape index (κ2) is 6.43. The van der Waals surface area contributed by atoms with E-state index in [1.807, 2.05) is 0 Å². The van der Waals surface area contributed by atoms with Crippen LogP contribution in [0.15, 0.2) is 0 Å². The topological polar surface area (TPSA) is 48.0 Å². The minimum atomic E-state index is 0. The zero-order valence-electron chi connectivity index (χ0n) is 7.88. The van der Waals surface area contributed by atoms with E-state index in [-0.39, 0.29) is 31.1 Å². The van der Waals surface area contributed by atoms with Crippen molar-refractivity contribution in [1.82, 2.24) is 5.32 Å². The van der Waals surface area contributed by atoms with Crippen molar-refractivity contribution in [2.45, 2.75) is 26.3 Å². The first-order valence-electron chi connectivity index (χ1n) is 4.36. The SMILES string of the molecule is CC([CH-]C1CN1)C(C)C[CH-]N.[U+2]. The van der Waals surface area contributed by atoms with Gasteiger partial charge >= 0.3 is 31.1 Å². The van der Waals surface area contributed by atoms with E-state index in [1.54, 1.807) is 6.54 Å². The minimum absolute atomic E-state index is 0. The van der Waals surface area contributed by atoms with E-state index < -0.39 is 0 Å². The zero-order valence-corrected chi connectivity index (χ0v) is 12.0. The van der Waals surface area contributed by atoms with Gasteiger partial charge in [0.1, 0.15) is 0 Å². The van der Waals surface area contributed by atoms with Crippen molar-refractivity contribution in [3.05, 3.63) is 13.0 Å². The molecule has 3 atom stereocenters. The standard InChI is InChI=1S/C9H18N2.U/c1-7(3-4-10)8(2)5-9-6-11-9;/h4-5,7-9,11H,3,6,10H2,1-2H3;/q-2;+2. The van der Waals surface area contributed by atoms with Gasteiger partial charge in [-0.05, 0) is 6.54 Å². The summed E-state index contributed by atoms with van der Waals surface area (Å²) in [5.74, 6) is 1.36. The first kappa shape index (κ1) is 13.0. The van der Waals surface area contributed by atoms with E-state index in [4.69, 9.17) is 5.73 Å². The van der Waals surface area contributed by atoms with Gasteiger partial charge in [-0.25, -0.2) is 0 Å². The second-order valence-electron chi connectivity index (χ2n) is 3.51. The van der Waals surface area contributed by atoms with Crippen LogP contribution in [0.25, 0.3) is 0 Å². The number of hydrogen-bond acceptors (Lipinski definition) is 2. The molecular weight excluding hydrogens is 374 g/mol. The third-order valence-corrected chi connectivity index (χ3v) is 2.38. The summed E-state index contributed by atoms with van der Waals surface area (Å²) in [6, 6.07) is 0.685. The Labute approximate surface area is 99.4 Å². The van der Waals surface area contributed by atoms with Crippen LogP contribution in [0, 0.1) is 55.9 Å². The van der Waals surface area contributed by atoms with Crippen LogP contribution >= 0.6 is 0 Å². The van der Waals surface area contributed by atoms with Crippen molar-refractivity contribution in [3.63, 3.8) is 0 Å². The molecule has 1 rings (SSSR count). The van der Waals surface area contributed by atoms with E-state index in [0.717, 1.165) is 6.42 Å². The van der Waals surface area contributed by atoms with Crippen LogP contribution in [-0.2, 0) is 0 Å². The average Bonchev–Trinajstić information content (AvgIpc) is 2.72. The van der Waals surface area contributed by atoms with Gasteiger partial charge in [0.05, 0.1) is 0 Å². The molecule has 68 valence electrons. The van der Waals surface area contributed by atoms with Gasteiger partial charge in [-0.15, -0.1) is 6.04 Å². The summed E-state index contributed by atoms with van der Waals surface area (Å²) in [4.78, 5) is 0. The first-order valence-corrected chi connectivity index (χ1v) is 4.36. The van der Waals surface area contributed by atoms with Crippen LogP contribution in [0.2, 0.25) is 0 Å². The van der Waals surface area contributed by atoms with Gasteiger partial charge in [-0.3, -0.25) is 6.54 Å². The molecule has 0 aromatic heterocycles. The Morgan fingerprint density at radius 2 is 2.17 bits per heavy atom. The molecule has 12 heavy (non-hydrogen) atoms. The summed E-state index contributed by atoms with van der Waals surface area (Å²) in [6.07, 6.45) is 3.40. The number of rotatable bonds is 5. The molecule has 0 aromatic rings. The van der Waals surface area contributed by atoms with Gasteiger partial charge in [-0.1, -0.05) is 19.8 Å².